The summed E-state index contributed by atoms with van der Waals surface area (Å²) in [5.74, 6) is 2.94. The van der Waals surface area contributed by atoms with Gasteiger partial charge in [0.05, 0.1) is 14.2 Å². The van der Waals surface area contributed by atoms with E-state index in [1.54, 1.807) is 33.8 Å². The molecule has 0 saturated heterocycles. The molecule has 2 N–H and O–H groups in total. The summed E-state index contributed by atoms with van der Waals surface area (Å²) in [6.07, 6.45) is 7.15. The van der Waals surface area contributed by atoms with Gasteiger partial charge in [-0.2, -0.15) is 0 Å². The molecule has 1 aromatic carbocycles. The molecule has 2 heterocycles. The van der Waals surface area contributed by atoms with Crippen molar-refractivity contribution in [2.75, 3.05) is 21.3 Å². The van der Waals surface area contributed by atoms with E-state index in [1.165, 1.54) is 0 Å². The van der Waals surface area contributed by atoms with Crippen LogP contribution in [0, 0.1) is 0 Å². The van der Waals surface area contributed by atoms with Crippen LogP contribution in [0.1, 0.15) is 11.1 Å². The zero-order valence-electron chi connectivity index (χ0n) is 16.2. The topological polar surface area (TPSA) is 85.6 Å². The predicted molar refractivity (Wildman–Crippen MR) is 108 cm³/mol. The minimum absolute atomic E-state index is 0.609. The fourth-order valence-electron chi connectivity index (χ4n) is 2.65. The third kappa shape index (κ3) is 4.79. The van der Waals surface area contributed by atoms with Crippen LogP contribution in [0.3, 0.4) is 0 Å². The maximum absolute atomic E-state index is 5.34. The fraction of sp³-hybridized carbons (Fsp3) is 0.250. The van der Waals surface area contributed by atoms with Crippen LogP contribution in [-0.2, 0) is 13.1 Å². The number of aliphatic imine (C=N–C) groups is 1. The highest BCUT2D eigenvalue weighted by molar-refractivity contribution is 5.79. The van der Waals surface area contributed by atoms with Crippen LogP contribution in [-0.4, -0.2) is 41.8 Å². The Balaban J connectivity index is 1.53. The Morgan fingerprint density at radius 3 is 2.39 bits per heavy atom. The van der Waals surface area contributed by atoms with E-state index in [0.717, 1.165) is 16.9 Å². The summed E-state index contributed by atoms with van der Waals surface area (Å²) in [5, 5.41) is 6.57. The van der Waals surface area contributed by atoms with Crippen molar-refractivity contribution in [3.8, 4) is 17.3 Å². The Labute approximate surface area is 164 Å². The molecule has 0 aliphatic carbocycles. The van der Waals surface area contributed by atoms with Gasteiger partial charge in [0.1, 0.15) is 12.1 Å². The van der Waals surface area contributed by atoms with Crippen LogP contribution in [0.25, 0.3) is 5.82 Å². The van der Waals surface area contributed by atoms with E-state index < -0.39 is 0 Å². The standard InChI is InChI=1S/C20H24N6O2/c1-21-20(24-11-15-4-6-17(27-2)18(10-15)28-3)25-13-16-5-7-19(23-12-16)26-9-8-22-14-26/h4-10,12,14H,11,13H2,1-3H3,(H2,21,24,25). The van der Waals surface area contributed by atoms with Crippen molar-refractivity contribution in [2.24, 2.45) is 4.99 Å². The molecule has 0 unspecified atom stereocenters. The van der Waals surface area contributed by atoms with Crippen molar-refractivity contribution >= 4 is 5.96 Å². The molecule has 0 spiro atoms. The maximum atomic E-state index is 5.34. The third-order valence-corrected chi connectivity index (χ3v) is 4.17. The molecule has 0 bridgehead atoms. The van der Waals surface area contributed by atoms with Gasteiger partial charge in [-0.15, -0.1) is 0 Å². The molecule has 28 heavy (non-hydrogen) atoms. The van der Waals surface area contributed by atoms with Crippen molar-refractivity contribution in [1.29, 1.82) is 0 Å². The number of hydrogen-bond donors (Lipinski definition) is 2. The van der Waals surface area contributed by atoms with Crippen molar-refractivity contribution in [3.05, 3.63) is 66.4 Å². The molecule has 146 valence electrons. The van der Waals surface area contributed by atoms with Gasteiger partial charge in [-0.1, -0.05) is 12.1 Å². The maximum Gasteiger partial charge on any atom is 0.191 e. The fourth-order valence-corrected chi connectivity index (χ4v) is 2.65. The Morgan fingerprint density at radius 2 is 1.79 bits per heavy atom. The largest absolute Gasteiger partial charge is 0.493 e. The second kappa shape index (κ2) is 9.40. The Bertz CT molecular complexity index is 907. The zero-order chi connectivity index (χ0) is 19.8. The summed E-state index contributed by atoms with van der Waals surface area (Å²) < 4.78 is 12.5. The third-order valence-electron chi connectivity index (χ3n) is 4.17. The molecular weight excluding hydrogens is 356 g/mol. The van der Waals surface area contributed by atoms with Gasteiger partial charge in [0.25, 0.3) is 0 Å². The number of methoxy groups -OCH3 is 2. The first kappa shape index (κ1) is 19.2. The van der Waals surface area contributed by atoms with Crippen LogP contribution in [0.4, 0.5) is 0 Å². The second-order valence-electron chi connectivity index (χ2n) is 5.96. The van der Waals surface area contributed by atoms with E-state index in [4.69, 9.17) is 9.47 Å². The predicted octanol–water partition coefficient (Wildman–Crippen LogP) is 2.15. The molecule has 0 aliphatic rings. The number of ether oxygens (including phenoxy) is 2. The van der Waals surface area contributed by atoms with Crippen LogP contribution < -0.4 is 20.1 Å². The Morgan fingerprint density at radius 1 is 1.04 bits per heavy atom. The van der Waals surface area contributed by atoms with E-state index in [1.807, 2.05) is 47.3 Å². The summed E-state index contributed by atoms with van der Waals surface area (Å²) >= 11 is 0. The van der Waals surface area contributed by atoms with Crippen LogP contribution in [0.15, 0.2) is 60.2 Å². The number of nitrogens with zero attached hydrogens (tertiary/aromatic N) is 4. The number of aromatic nitrogens is 3. The molecule has 0 atom stereocenters. The van der Waals surface area contributed by atoms with Crippen molar-refractivity contribution in [1.82, 2.24) is 25.2 Å². The molecule has 0 fully saturated rings. The average Bonchev–Trinajstić information content (AvgIpc) is 3.29. The lowest BCUT2D eigenvalue weighted by molar-refractivity contribution is 0.354. The molecule has 0 radical (unpaired) electrons. The second-order valence-corrected chi connectivity index (χ2v) is 5.96. The van der Waals surface area contributed by atoms with Gasteiger partial charge in [0.15, 0.2) is 17.5 Å². The van der Waals surface area contributed by atoms with Crippen LogP contribution in [0.5, 0.6) is 11.5 Å². The molecule has 0 aliphatic heterocycles. The zero-order valence-corrected chi connectivity index (χ0v) is 16.2. The van der Waals surface area contributed by atoms with Gasteiger partial charge in [0, 0.05) is 38.7 Å². The van der Waals surface area contributed by atoms with Crippen LogP contribution >= 0.6 is 0 Å². The molecular formula is C20H24N6O2. The number of guanidine groups is 1. The number of rotatable bonds is 7. The number of benzene rings is 1. The monoisotopic (exact) mass is 380 g/mol. The lowest BCUT2D eigenvalue weighted by atomic mass is 10.2. The van der Waals surface area contributed by atoms with Crippen molar-refractivity contribution in [3.63, 3.8) is 0 Å². The quantitative estimate of drug-likeness (QED) is 0.483. The molecule has 8 nitrogen and oxygen atoms in total. The smallest absolute Gasteiger partial charge is 0.191 e. The van der Waals surface area contributed by atoms with E-state index >= 15 is 0 Å². The summed E-state index contributed by atoms with van der Waals surface area (Å²) in [6, 6.07) is 9.80. The van der Waals surface area contributed by atoms with Crippen LogP contribution in [0.2, 0.25) is 0 Å². The average molecular weight is 380 g/mol. The summed E-state index contributed by atoms with van der Waals surface area (Å²) in [7, 11) is 4.99. The van der Waals surface area contributed by atoms with E-state index in [9.17, 15) is 0 Å². The highest BCUT2D eigenvalue weighted by Crippen LogP contribution is 2.27. The van der Waals surface area contributed by atoms with Crippen molar-refractivity contribution < 1.29 is 9.47 Å². The van der Waals surface area contributed by atoms with E-state index in [2.05, 4.69) is 25.6 Å². The number of hydrogen-bond acceptors (Lipinski definition) is 5. The Hall–Kier alpha value is -3.55. The van der Waals surface area contributed by atoms with E-state index in [0.29, 0.717) is 30.5 Å². The highest BCUT2D eigenvalue weighted by Gasteiger charge is 2.06. The molecule has 8 heteroatoms. The minimum Gasteiger partial charge on any atom is -0.493 e. The molecule has 0 saturated carbocycles. The highest BCUT2D eigenvalue weighted by atomic mass is 16.5. The lowest BCUT2D eigenvalue weighted by Crippen LogP contribution is -2.36. The van der Waals surface area contributed by atoms with Gasteiger partial charge in [0.2, 0.25) is 0 Å². The minimum atomic E-state index is 0.609. The normalized spacial score (nSPS) is 11.2. The number of nitrogens with one attached hydrogen (secondary N) is 2. The lowest BCUT2D eigenvalue weighted by Gasteiger charge is -2.13. The summed E-state index contributed by atoms with van der Waals surface area (Å²) in [4.78, 5) is 12.7. The molecule has 2 aromatic heterocycles. The first-order valence-corrected chi connectivity index (χ1v) is 8.82. The SMILES string of the molecule is CN=C(NCc1ccc(-n2ccnc2)nc1)NCc1ccc(OC)c(OC)c1. The Kier molecular flexibility index (Phi) is 6.46. The van der Waals surface area contributed by atoms with Gasteiger partial charge in [-0.05, 0) is 29.3 Å². The van der Waals surface area contributed by atoms with Gasteiger partial charge in [-0.25, -0.2) is 9.97 Å². The number of pyridine rings is 1. The first-order chi connectivity index (χ1) is 13.7. The van der Waals surface area contributed by atoms with Gasteiger partial charge < -0.3 is 20.1 Å². The van der Waals surface area contributed by atoms with Gasteiger partial charge >= 0.3 is 0 Å². The van der Waals surface area contributed by atoms with E-state index in [-0.39, 0.29) is 0 Å². The van der Waals surface area contributed by atoms with Gasteiger partial charge in [-0.3, -0.25) is 9.56 Å². The van der Waals surface area contributed by atoms with Crippen molar-refractivity contribution in [2.45, 2.75) is 13.1 Å². The summed E-state index contributed by atoms with van der Waals surface area (Å²) in [6.45, 7) is 1.22. The molecule has 3 aromatic rings. The first-order valence-electron chi connectivity index (χ1n) is 8.82. The molecule has 0 amide bonds. The summed E-state index contributed by atoms with van der Waals surface area (Å²) in [5.41, 5.74) is 2.12. The number of imidazole rings is 1. The molecule has 3 rings (SSSR count).